The molecule has 0 N–H and O–H groups in total. The van der Waals surface area contributed by atoms with Crippen molar-refractivity contribution in [2.24, 2.45) is 0 Å². The number of ether oxygens (including phenoxy) is 1. The van der Waals surface area contributed by atoms with Crippen LogP contribution >= 0.6 is 15.9 Å². The Morgan fingerprint density at radius 3 is 2.76 bits per heavy atom. The fourth-order valence-corrected chi connectivity index (χ4v) is 2.79. The summed E-state index contributed by atoms with van der Waals surface area (Å²) in [6.45, 7) is 4.07. The number of benzene rings is 1. The summed E-state index contributed by atoms with van der Waals surface area (Å²) in [4.78, 5) is 13.5. The molecule has 2 rings (SSSR count). The Bertz CT molecular complexity index is 382. The zero-order valence-electron chi connectivity index (χ0n) is 9.80. The Kier molecular flexibility index (Phi) is 4.18. The van der Waals surface area contributed by atoms with Crippen molar-refractivity contribution in [2.45, 2.75) is 24.4 Å². The molecule has 1 saturated heterocycles. The first kappa shape index (κ1) is 12.6. The molecule has 2 atom stereocenters. The van der Waals surface area contributed by atoms with E-state index in [0.29, 0.717) is 0 Å². The molecule has 1 aromatic carbocycles. The van der Waals surface area contributed by atoms with Crippen molar-refractivity contribution < 1.29 is 9.53 Å². The van der Waals surface area contributed by atoms with Crippen molar-refractivity contribution in [3.63, 3.8) is 0 Å². The van der Waals surface area contributed by atoms with Crippen LogP contribution < -0.4 is 0 Å². The zero-order valence-corrected chi connectivity index (χ0v) is 11.4. The number of carbonyl (C=O) groups is 1. The number of hydrogen-bond donors (Lipinski definition) is 0. The molecule has 3 nitrogen and oxygen atoms in total. The summed E-state index contributed by atoms with van der Waals surface area (Å²) in [6.07, 6.45) is -0.0313. The molecule has 0 aliphatic carbocycles. The fraction of sp³-hybridized carbons (Fsp3) is 0.462. The predicted octanol–water partition coefficient (Wildman–Crippen LogP) is 2.20. The molecule has 0 amide bonds. The first-order chi connectivity index (χ1) is 8.15. The highest BCUT2D eigenvalue weighted by Crippen LogP contribution is 2.22. The number of nitrogens with zero attached hydrogens (tertiary/aromatic N) is 1. The Labute approximate surface area is 110 Å². The highest BCUT2D eigenvalue weighted by molar-refractivity contribution is 9.09. The van der Waals surface area contributed by atoms with Crippen LogP contribution in [0.2, 0.25) is 0 Å². The molecule has 92 valence electrons. The minimum absolute atomic E-state index is 0.0313. The fourth-order valence-electron chi connectivity index (χ4n) is 2.10. The van der Waals surface area contributed by atoms with Gasteiger partial charge in [0, 0.05) is 26.6 Å². The van der Waals surface area contributed by atoms with Crippen LogP contribution in [0.1, 0.15) is 12.5 Å². The molecule has 0 unspecified atom stereocenters. The molecular weight excluding hydrogens is 282 g/mol. The van der Waals surface area contributed by atoms with Crippen molar-refractivity contribution in [2.75, 3.05) is 13.1 Å². The second kappa shape index (κ2) is 5.65. The van der Waals surface area contributed by atoms with Gasteiger partial charge in [-0.2, -0.15) is 0 Å². The van der Waals surface area contributed by atoms with Gasteiger partial charge in [0.2, 0.25) is 0 Å². The molecule has 4 heteroatoms. The Balaban J connectivity index is 1.91. The van der Waals surface area contributed by atoms with Gasteiger partial charge in [0.1, 0.15) is 6.10 Å². The molecule has 0 spiro atoms. The molecule has 0 bridgehead atoms. The Morgan fingerprint density at radius 2 is 2.12 bits per heavy atom. The standard InChI is InChI=1S/C13H16BrNO2/c1-10(16)17-13-9-15(8-12(13)14)7-11-5-3-2-4-6-11/h2-6,12-13H,7-9H2,1H3/t12-,13-/m0/s1. The van der Waals surface area contributed by atoms with E-state index in [1.807, 2.05) is 18.2 Å². The normalized spacial score (nSPS) is 24.8. The summed E-state index contributed by atoms with van der Waals surface area (Å²) in [6, 6.07) is 10.3. The van der Waals surface area contributed by atoms with Gasteiger partial charge in [-0.05, 0) is 5.56 Å². The first-order valence-corrected chi connectivity index (χ1v) is 6.64. The maximum atomic E-state index is 10.9. The summed E-state index contributed by atoms with van der Waals surface area (Å²) in [7, 11) is 0. The molecule has 0 radical (unpaired) electrons. The van der Waals surface area contributed by atoms with Crippen LogP contribution in [0, 0.1) is 0 Å². The van der Waals surface area contributed by atoms with Crippen LogP contribution in [-0.2, 0) is 16.1 Å². The Hall–Kier alpha value is -0.870. The number of carbonyl (C=O) groups excluding carboxylic acids is 1. The summed E-state index contributed by atoms with van der Waals surface area (Å²) < 4.78 is 5.26. The van der Waals surface area contributed by atoms with E-state index in [9.17, 15) is 4.79 Å². The lowest BCUT2D eigenvalue weighted by Crippen LogP contribution is -2.25. The molecule has 1 aromatic rings. The van der Waals surface area contributed by atoms with Gasteiger partial charge >= 0.3 is 5.97 Å². The molecule has 1 heterocycles. The number of hydrogen-bond acceptors (Lipinski definition) is 3. The topological polar surface area (TPSA) is 29.5 Å². The molecule has 1 fully saturated rings. The lowest BCUT2D eigenvalue weighted by atomic mass is 10.2. The molecule has 1 aliphatic heterocycles. The van der Waals surface area contributed by atoms with Crippen LogP contribution in [0.15, 0.2) is 30.3 Å². The average Bonchev–Trinajstić information content (AvgIpc) is 2.59. The van der Waals surface area contributed by atoms with Crippen LogP contribution in [0.5, 0.6) is 0 Å². The lowest BCUT2D eigenvalue weighted by molar-refractivity contribution is -0.145. The van der Waals surface area contributed by atoms with Gasteiger partial charge in [-0.25, -0.2) is 0 Å². The number of alkyl halides is 1. The molecular formula is C13H16BrNO2. The van der Waals surface area contributed by atoms with E-state index in [0.717, 1.165) is 19.6 Å². The third kappa shape index (κ3) is 3.54. The largest absolute Gasteiger partial charge is 0.460 e. The van der Waals surface area contributed by atoms with E-state index >= 15 is 0 Å². The highest BCUT2D eigenvalue weighted by atomic mass is 79.9. The highest BCUT2D eigenvalue weighted by Gasteiger charge is 2.32. The van der Waals surface area contributed by atoms with Crippen molar-refractivity contribution in [1.82, 2.24) is 4.90 Å². The first-order valence-electron chi connectivity index (χ1n) is 5.72. The molecule has 0 saturated carbocycles. The summed E-state index contributed by atoms with van der Waals surface area (Å²) in [5, 5.41) is 0. The number of esters is 1. The maximum Gasteiger partial charge on any atom is 0.302 e. The van der Waals surface area contributed by atoms with Crippen molar-refractivity contribution in [3.8, 4) is 0 Å². The van der Waals surface area contributed by atoms with Crippen LogP contribution in [-0.4, -0.2) is 34.9 Å². The summed E-state index contributed by atoms with van der Waals surface area (Å²) in [5.41, 5.74) is 1.29. The van der Waals surface area contributed by atoms with Crippen LogP contribution in [0.4, 0.5) is 0 Å². The van der Waals surface area contributed by atoms with E-state index in [2.05, 4.69) is 33.0 Å². The van der Waals surface area contributed by atoms with Crippen LogP contribution in [0.3, 0.4) is 0 Å². The SMILES string of the molecule is CC(=O)O[C@H]1CN(Cc2ccccc2)C[C@@H]1Br. The quantitative estimate of drug-likeness (QED) is 0.633. The van der Waals surface area contributed by atoms with Gasteiger partial charge in [-0.3, -0.25) is 9.69 Å². The third-order valence-corrected chi connectivity index (χ3v) is 3.72. The maximum absolute atomic E-state index is 10.9. The van der Waals surface area contributed by atoms with Gasteiger partial charge in [-0.1, -0.05) is 46.3 Å². The lowest BCUT2D eigenvalue weighted by Gasteiger charge is -2.15. The summed E-state index contributed by atoms with van der Waals surface area (Å²) in [5.74, 6) is -0.207. The zero-order chi connectivity index (χ0) is 12.3. The molecule has 1 aliphatic rings. The van der Waals surface area contributed by atoms with Gasteiger partial charge in [0.25, 0.3) is 0 Å². The second-order valence-electron chi connectivity index (χ2n) is 4.34. The minimum Gasteiger partial charge on any atom is -0.460 e. The van der Waals surface area contributed by atoms with Gasteiger partial charge in [0.15, 0.2) is 0 Å². The van der Waals surface area contributed by atoms with Crippen LogP contribution in [0.25, 0.3) is 0 Å². The number of likely N-dealkylation sites (tertiary alicyclic amines) is 1. The van der Waals surface area contributed by atoms with Crippen molar-refractivity contribution in [3.05, 3.63) is 35.9 Å². The Morgan fingerprint density at radius 1 is 1.41 bits per heavy atom. The smallest absolute Gasteiger partial charge is 0.302 e. The van der Waals surface area contributed by atoms with Crippen molar-refractivity contribution in [1.29, 1.82) is 0 Å². The van der Waals surface area contributed by atoms with E-state index in [1.54, 1.807) is 0 Å². The van der Waals surface area contributed by atoms with E-state index < -0.39 is 0 Å². The minimum atomic E-state index is -0.207. The third-order valence-electron chi connectivity index (χ3n) is 2.84. The molecule has 17 heavy (non-hydrogen) atoms. The van der Waals surface area contributed by atoms with Crippen molar-refractivity contribution >= 4 is 21.9 Å². The molecule has 0 aromatic heterocycles. The van der Waals surface area contributed by atoms with E-state index in [4.69, 9.17) is 4.74 Å². The summed E-state index contributed by atoms with van der Waals surface area (Å²) >= 11 is 3.57. The number of halogens is 1. The number of rotatable bonds is 3. The van der Waals surface area contributed by atoms with Gasteiger partial charge in [0.05, 0.1) is 4.83 Å². The van der Waals surface area contributed by atoms with E-state index in [1.165, 1.54) is 12.5 Å². The van der Waals surface area contributed by atoms with Gasteiger partial charge in [-0.15, -0.1) is 0 Å². The second-order valence-corrected chi connectivity index (χ2v) is 5.52. The van der Waals surface area contributed by atoms with Gasteiger partial charge < -0.3 is 4.74 Å². The predicted molar refractivity (Wildman–Crippen MR) is 70.0 cm³/mol. The monoisotopic (exact) mass is 297 g/mol. The average molecular weight is 298 g/mol. The van der Waals surface area contributed by atoms with E-state index in [-0.39, 0.29) is 16.9 Å².